The average molecular weight is 401 g/mol. The molecule has 7 heteroatoms. The number of nitrogens with zero attached hydrogens (tertiary/aromatic N) is 3. The van der Waals surface area contributed by atoms with Crippen LogP contribution in [0, 0.1) is 0 Å². The minimum Gasteiger partial charge on any atom is -0.324 e. The summed E-state index contributed by atoms with van der Waals surface area (Å²) in [6, 6.07) is 27.7. The first-order valence-corrected chi connectivity index (χ1v) is 10.3. The van der Waals surface area contributed by atoms with Crippen LogP contribution in [-0.4, -0.2) is 21.2 Å². The van der Waals surface area contributed by atoms with Crippen molar-refractivity contribution in [2.24, 2.45) is 0 Å². The van der Waals surface area contributed by atoms with E-state index >= 15 is 0 Å². The van der Waals surface area contributed by atoms with Gasteiger partial charge in [0.1, 0.15) is 0 Å². The van der Waals surface area contributed by atoms with E-state index in [0.29, 0.717) is 17.8 Å². The topological polar surface area (TPSA) is 74.8 Å². The maximum atomic E-state index is 4.55. The van der Waals surface area contributed by atoms with Crippen molar-refractivity contribution < 1.29 is 0 Å². The number of benzene rings is 3. The Labute approximate surface area is 173 Å². The van der Waals surface area contributed by atoms with Gasteiger partial charge in [-0.15, -0.1) is 11.8 Å². The Bertz CT molecular complexity index is 1010. The lowest BCUT2D eigenvalue weighted by atomic mass is 10.3. The first-order chi connectivity index (χ1) is 14.3. The summed E-state index contributed by atoms with van der Waals surface area (Å²) in [5.74, 6) is 1.36. The molecule has 3 aromatic carbocycles. The van der Waals surface area contributed by atoms with Crippen LogP contribution in [0.15, 0.2) is 89.8 Å². The Kier molecular flexibility index (Phi) is 5.87. The molecule has 29 heavy (non-hydrogen) atoms. The largest absolute Gasteiger partial charge is 0.324 e. The standard InChI is InChI=1S/C22H20N6S/c1-29-19-15-9-8-14-18(19)25-22-27-20(23-16-10-4-2-5-11-16)26-21(28-22)24-17-12-6-3-7-13-17/h2-15H,1H3,(H3,23,24,25,26,27,28). The van der Waals surface area contributed by atoms with E-state index in [1.165, 1.54) is 0 Å². The normalized spacial score (nSPS) is 10.4. The lowest BCUT2D eigenvalue weighted by Gasteiger charge is -2.13. The zero-order valence-electron chi connectivity index (χ0n) is 15.8. The fraction of sp³-hybridized carbons (Fsp3) is 0.0455. The van der Waals surface area contributed by atoms with Crippen molar-refractivity contribution >= 4 is 46.7 Å². The molecule has 4 rings (SSSR count). The Morgan fingerprint density at radius 2 is 1.00 bits per heavy atom. The van der Waals surface area contributed by atoms with E-state index in [1.54, 1.807) is 11.8 Å². The zero-order valence-corrected chi connectivity index (χ0v) is 16.6. The Morgan fingerprint density at radius 1 is 0.552 bits per heavy atom. The van der Waals surface area contributed by atoms with Crippen LogP contribution in [0.25, 0.3) is 0 Å². The second kappa shape index (κ2) is 9.07. The molecule has 4 aromatic rings. The SMILES string of the molecule is CSc1ccccc1Nc1nc(Nc2ccccc2)nc(Nc2ccccc2)n1. The van der Waals surface area contributed by atoms with Crippen LogP contribution >= 0.6 is 11.8 Å². The summed E-state index contributed by atoms with van der Waals surface area (Å²) in [6.45, 7) is 0. The van der Waals surface area contributed by atoms with E-state index in [9.17, 15) is 0 Å². The van der Waals surface area contributed by atoms with Gasteiger partial charge < -0.3 is 16.0 Å². The fourth-order valence-corrected chi connectivity index (χ4v) is 3.27. The van der Waals surface area contributed by atoms with Gasteiger partial charge in [0.15, 0.2) is 0 Å². The van der Waals surface area contributed by atoms with Crippen LogP contribution in [0.4, 0.5) is 34.9 Å². The first-order valence-electron chi connectivity index (χ1n) is 9.10. The van der Waals surface area contributed by atoms with Gasteiger partial charge in [0.2, 0.25) is 17.8 Å². The number of aromatic nitrogens is 3. The third-order valence-corrected chi connectivity index (χ3v) is 4.84. The summed E-state index contributed by atoms with van der Waals surface area (Å²) in [6.07, 6.45) is 2.04. The second-order valence-electron chi connectivity index (χ2n) is 6.11. The number of hydrogen-bond donors (Lipinski definition) is 3. The molecule has 1 aromatic heterocycles. The van der Waals surface area contributed by atoms with E-state index in [4.69, 9.17) is 0 Å². The number of anilines is 6. The molecule has 3 N–H and O–H groups in total. The van der Waals surface area contributed by atoms with Gasteiger partial charge in [-0.3, -0.25) is 0 Å². The molecule has 0 amide bonds. The Hall–Kier alpha value is -3.58. The highest BCUT2D eigenvalue weighted by molar-refractivity contribution is 7.98. The van der Waals surface area contributed by atoms with Crippen molar-refractivity contribution in [3.05, 3.63) is 84.9 Å². The van der Waals surface area contributed by atoms with Crippen LogP contribution in [0.2, 0.25) is 0 Å². The highest BCUT2D eigenvalue weighted by Gasteiger charge is 2.10. The highest BCUT2D eigenvalue weighted by Crippen LogP contribution is 2.27. The maximum absolute atomic E-state index is 4.55. The lowest BCUT2D eigenvalue weighted by molar-refractivity contribution is 1.06. The molecular formula is C22H20N6S. The number of para-hydroxylation sites is 3. The monoisotopic (exact) mass is 400 g/mol. The van der Waals surface area contributed by atoms with E-state index in [2.05, 4.69) is 37.0 Å². The zero-order chi connectivity index (χ0) is 19.9. The first kappa shape index (κ1) is 18.8. The quantitative estimate of drug-likeness (QED) is 0.337. The molecule has 0 aliphatic rings. The molecule has 0 atom stereocenters. The van der Waals surface area contributed by atoms with Crippen molar-refractivity contribution in [3.63, 3.8) is 0 Å². The third-order valence-electron chi connectivity index (χ3n) is 4.05. The molecule has 0 spiro atoms. The van der Waals surface area contributed by atoms with Gasteiger partial charge in [-0.25, -0.2) is 0 Å². The molecule has 0 saturated carbocycles. The second-order valence-corrected chi connectivity index (χ2v) is 6.96. The van der Waals surface area contributed by atoms with E-state index in [-0.39, 0.29) is 0 Å². The molecular weight excluding hydrogens is 380 g/mol. The fourth-order valence-electron chi connectivity index (χ4n) is 2.71. The van der Waals surface area contributed by atoms with Gasteiger partial charge in [-0.1, -0.05) is 48.5 Å². The van der Waals surface area contributed by atoms with Crippen molar-refractivity contribution in [2.45, 2.75) is 4.90 Å². The number of thioether (sulfide) groups is 1. The molecule has 0 unspecified atom stereocenters. The average Bonchev–Trinajstić information content (AvgIpc) is 2.75. The lowest BCUT2D eigenvalue weighted by Crippen LogP contribution is -2.07. The smallest absolute Gasteiger partial charge is 0.233 e. The third kappa shape index (κ3) is 5.03. The van der Waals surface area contributed by atoms with Crippen molar-refractivity contribution in [3.8, 4) is 0 Å². The van der Waals surface area contributed by atoms with Gasteiger partial charge in [-0.05, 0) is 42.7 Å². The highest BCUT2D eigenvalue weighted by atomic mass is 32.2. The minimum atomic E-state index is 0.453. The Morgan fingerprint density at radius 3 is 1.52 bits per heavy atom. The van der Waals surface area contributed by atoms with Gasteiger partial charge in [0, 0.05) is 16.3 Å². The predicted octanol–water partition coefficient (Wildman–Crippen LogP) is 5.82. The van der Waals surface area contributed by atoms with Gasteiger partial charge in [-0.2, -0.15) is 15.0 Å². The van der Waals surface area contributed by atoms with Crippen LogP contribution in [0.1, 0.15) is 0 Å². The van der Waals surface area contributed by atoms with Crippen LogP contribution < -0.4 is 16.0 Å². The van der Waals surface area contributed by atoms with E-state index in [0.717, 1.165) is 22.0 Å². The molecule has 6 nitrogen and oxygen atoms in total. The summed E-state index contributed by atoms with van der Waals surface area (Å²) >= 11 is 1.66. The summed E-state index contributed by atoms with van der Waals surface area (Å²) < 4.78 is 0. The van der Waals surface area contributed by atoms with E-state index < -0.39 is 0 Å². The van der Waals surface area contributed by atoms with Crippen molar-refractivity contribution in [1.82, 2.24) is 15.0 Å². The molecule has 1 heterocycles. The minimum absolute atomic E-state index is 0.453. The molecule has 0 fully saturated rings. The number of nitrogens with one attached hydrogen (secondary N) is 3. The predicted molar refractivity (Wildman–Crippen MR) is 121 cm³/mol. The molecule has 0 aliphatic heterocycles. The van der Waals surface area contributed by atoms with E-state index in [1.807, 2.05) is 85.1 Å². The van der Waals surface area contributed by atoms with Crippen molar-refractivity contribution in [1.29, 1.82) is 0 Å². The van der Waals surface area contributed by atoms with Crippen molar-refractivity contribution in [2.75, 3.05) is 22.2 Å². The number of rotatable bonds is 7. The maximum Gasteiger partial charge on any atom is 0.233 e. The molecule has 144 valence electrons. The van der Waals surface area contributed by atoms with Crippen LogP contribution in [-0.2, 0) is 0 Å². The Balaban J connectivity index is 1.67. The van der Waals surface area contributed by atoms with Crippen LogP contribution in [0.5, 0.6) is 0 Å². The molecule has 0 saturated heterocycles. The summed E-state index contributed by atoms with van der Waals surface area (Å²) in [4.78, 5) is 14.7. The van der Waals surface area contributed by atoms with Gasteiger partial charge >= 0.3 is 0 Å². The summed E-state index contributed by atoms with van der Waals surface area (Å²) in [5.41, 5.74) is 2.75. The van der Waals surface area contributed by atoms with Gasteiger partial charge in [0.05, 0.1) is 5.69 Å². The summed E-state index contributed by atoms with van der Waals surface area (Å²) in [7, 11) is 0. The number of hydrogen-bond acceptors (Lipinski definition) is 7. The molecule has 0 bridgehead atoms. The summed E-state index contributed by atoms with van der Waals surface area (Å²) in [5, 5.41) is 9.79. The molecule has 0 aliphatic carbocycles. The van der Waals surface area contributed by atoms with Gasteiger partial charge in [0.25, 0.3) is 0 Å². The van der Waals surface area contributed by atoms with Crippen LogP contribution in [0.3, 0.4) is 0 Å². The molecule has 0 radical (unpaired) electrons.